The smallest absolute Gasteiger partial charge is 0.338 e. The van der Waals surface area contributed by atoms with Crippen LogP contribution in [0.5, 0.6) is 5.75 Å². The van der Waals surface area contributed by atoms with E-state index >= 15 is 0 Å². The lowest BCUT2D eigenvalue weighted by Crippen LogP contribution is -2.42. The van der Waals surface area contributed by atoms with E-state index in [-0.39, 0.29) is 16.7 Å². The molecule has 35 heavy (non-hydrogen) atoms. The van der Waals surface area contributed by atoms with Gasteiger partial charge < -0.3 is 14.8 Å². The molecule has 1 aliphatic heterocycles. The molecule has 0 saturated carbocycles. The molecule has 5 amide bonds. The van der Waals surface area contributed by atoms with Crippen molar-refractivity contribution in [3.63, 3.8) is 0 Å². The lowest BCUT2D eigenvalue weighted by Gasteiger charge is -2.14. The van der Waals surface area contributed by atoms with Gasteiger partial charge in [-0.25, -0.2) is 14.5 Å². The maximum Gasteiger partial charge on any atom is 0.338 e. The molecular weight excluding hydrogens is 454 g/mol. The SMILES string of the molecule is CCOc1ccc(N2C(=O)c3ccc(C(=O)OCC(=O)NC(=O)NCCC(C)C)cc3C2=O)cc1. The Morgan fingerprint density at radius 3 is 2.31 bits per heavy atom. The summed E-state index contributed by atoms with van der Waals surface area (Å²) in [7, 11) is 0. The van der Waals surface area contributed by atoms with E-state index in [0.717, 1.165) is 11.3 Å². The summed E-state index contributed by atoms with van der Waals surface area (Å²) >= 11 is 0. The summed E-state index contributed by atoms with van der Waals surface area (Å²) < 4.78 is 10.3. The molecule has 10 heteroatoms. The molecule has 0 spiro atoms. The maximum atomic E-state index is 12.9. The number of anilines is 1. The molecule has 10 nitrogen and oxygen atoms in total. The van der Waals surface area contributed by atoms with Crippen molar-refractivity contribution in [2.45, 2.75) is 27.2 Å². The van der Waals surface area contributed by atoms with Crippen LogP contribution in [0.3, 0.4) is 0 Å². The molecular formula is C25H27N3O7. The van der Waals surface area contributed by atoms with E-state index in [9.17, 15) is 24.0 Å². The molecule has 2 aromatic carbocycles. The van der Waals surface area contributed by atoms with Gasteiger partial charge in [0.2, 0.25) is 0 Å². The van der Waals surface area contributed by atoms with Gasteiger partial charge in [-0.3, -0.25) is 19.7 Å². The zero-order chi connectivity index (χ0) is 25.5. The molecule has 2 aromatic rings. The molecule has 0 atom stereocenters. The van der Waals surface area contributed by atoms with Crippen LogP contribution in [-0.2, 0) is 9.53 Å². The lowest BCUT2D eigenvalue weighted by atomic mass is 10.1. The van der Waals surface area contributed by atoms with Crippen LogP contribution in [0.4, 0.5) is 10.5 Å². The van der Waals surface area contributed by atoms with Gasteiger partial charge in [-0.05, 0) is 61.7 Å². The molecule has 0 saturated heterocycles. The highest BCUT2D eigenvalue weighted by Gasteiger charge is 2.37. The first-order valence-electron chi connectivity index (χ1n) is 11.2. The first-order chi connectivity index (χ1) is 16.7. The molecule has 2 N–H and O–H groups in total. The van der Waals surface area contributed by atoms with Gasteiger partial charge in [0.1, 0.15) is 5.75 Å². The number of amides is 5. The second-order valence-corrected chi connectivity index (χ2v) is 8.20. The third kappa shape index (κ3) is 6.23. The average Bonchev–Trinajstić information content (AvgIpc) is 3.07. The third-order valence-corrected chi connectivity index (χ3v) is 5.12. The predicted molar refractivity (Wildman–Crippen MR) is 126 cm³/mol. The topological polar surface area (TPSA) is 131 Å². The molecule has 0 aromatic heterocycles. The molecule has 184 valence electrons. The zero-order valence-corrected chi connectivity index (χ0v) is 19.8. The van der Waals surface area contributed by atoms with Gasteiger partial charge in [0.25, 0.3) is 17.7 Å². The Morgan fingerprint density at radius 1 is 0.971 bits per heavy atom. The van der Waals surface area contributed by atoms with Crippen molar-refractivity contribution in [2.24, 2.45) is 5.92 Å². The number of nitrogens with zero attached hydrogens (tertiary/aromatic N) is 1. The Morgan fingerprint density at radius 2 is 1.66 bits per heavy atom. The van der Waals surface area contributed by atoms with Crippen LogP contribution in [-0.4, -0.2) is 49.5 Å². The number of benzene rings is 2. The second-order valence-electron chi connectivity index (χ2n) is 8.20. The molecule has 0 fully saturated rings. The highest BCUT2D eigenvalue weighted by atomic mass is 16.5. The van der Waals surface area contributed by atoms with Crippen molar-refractivity contribution in [3.05, 3.63) is 59.2 Å². The molecule has 0 unspecified atom stereocenters. The molecule has 0 aliphatic carbocycles. The fourth-order valence-corrected chi connectivity index (χ4v) is 3.36. The van der Waals surface area contributed by atoms with Crippen molar-refractivity contribution in [2.75, 3.05) is 24.7 Å². The minimum atomic E-state index is -0.872. The minimum Gasteiger partial charge on any atom is -0.494 e. The van der Waals surface area contributed by atoms with Crippen molar-refractivity contribution in [3.8, 4) is 5.75 Å². The number of hydrogen-bond donors (Lipinski definition) is 2. The molecule has 0 bridgehead atoms. The normalized spacial score (nSPS) is 12.4. The summed E-state index contributed by atoms with van der Waals surface area (Å²) in [5.41, 5.74) is 0.559. The van der Waals surface area contributed by atoms with E-state index in [1.165, 1.54) is 18.2 Å². The number of carbonyl (C=O) groups is 5. The Hall–Kier alpha value is -4.21. The van der Waals surface area contributed by atoms with E-state index in [2.05, 4.69) is 10.6 Å². The van der Waals surface area contributed by atoms with Crippen molar-refractivity contribution < 1.29 is 33.4 Å². The van der Waals surface area contributed by atoms with Crippen LogP contribution in [0.2, 0.25) is 0 Å². The summed E-state index contributed by atoms with van der Waals surface area (Å²) in [6.07, 6.45) is 0.756. The van der Waals surface area contributed by atoms with Gasteiger partial charge >= 0.3 is 12.0 Å². The van der Waals surface area contributed by atoms with Gasteiger partial charge in [-0.15, -0.1) is 0 Å². The lowest BCUT2D eigenvalue weighted by molar-refractivity contribution is -0.123. The van der Waals surface area contributed by atoms with E-state index in [0.29, 0.717) is 30.5 Å². The van der Waals surface area contributed by atoms with Gasteiger partial charge in [-0.1, -0.05) is 13.8 Å². The fraction of sp³-hybridized carbons (Fsp3) is 0.320. The van der Waals surface area contributed by atoms with Crippen LogP contribution in [0.15, 0.2) is 42.5 Å². The third-order valence-electron chi connectivity index (χ3n) is 5.12. The van der Waals surface area contributed by atoms with Gasteiger partial charge in [0.15, 0.2) is 6.61 Å². The highest BCUT2D eigenvalue weighted by Crippen LogP contribution is 2.30. The fourth-order valence-electron chi connectivity index (χ4n) is 3.36. The largest absolute Gasteiger partial charge is 0.494 e. The summed E-state index contributed by atoms with van der Waals surface area (Å²) in [5, 5.41) is 4.61. The van der Waals surface area contributed by atoms with Crippen LogP contribution in [0, 0.1) is 5.92 Å². The number of esters is 1. The summed E-state index contributed by atoms with van der Waals surface area (Å²) in [6.45, 7) is 6.07. The number of ether oxygens (including phenoxy) is 2. The number of carbonyl (C=O) groups excluding carboxylic acids is 5. The zero-order valence-electron chi connectivity index (χ0n) is 19.8. The Balaban J connectivity index is 1.60. The summed E-state index contributed by atoms with van der Waals surface area (Å²) in [6, 6.07) is 9.78. The monoisotopic (exact) mass is 481 g/mol. The first-order valence-corrected chi connectivity index (χ1v) is 11.2. The highest BCUT2D eigenvalue weighted by molar-refractivity contribution is 6.34. The average molecular weight is 482 g/mol. The number of rotatable bonds is 9. The van der Waals surface area contributed by atoms with Crippen LogP contribution in [0.1, 0.15) is 58.3 Å². The van der Waals surface area contributed by atoms with Crippen molar-refractivity contribution in [1.29, 1.82) is 0 Å². The Labute approximate surface area is 202 Å². The Kier molecular flexibility index (Phi) is 8.19. The quantitative estimate of drug-likeness (QED) is 0.416. The van der Waals surface area contributed by atoms with Crippen LogP contribution >= 0.6 is 0 Å². The standard InChI is InChI=1S/C25H27N3O7/c1-4-34-18-8-6-17(7-9-18)28-22(30)19-10-5-16(13-20(19)23(28)31)24(32)35-14-21(29)27-25(33)26-12-11-15(2)3/h5-10,13,15H,4,11-12,14H2,1-3H3,(H2,26,27,29,33). The van der Waals surface area contributed by atoms with Crippen LogP contribution in [0.25, 0.3) is 0 Å². The van der Waals surface area contributed by atoms with Crippen molar-refractivity contribution in [1.82, 2.24) is 10.6 Å². The summed E-state index contributed by atoms with van der Waals surface area (Å²) in [5.74, 6) is -1.77. The first kappa shape index (κ1) is 25.4. The predicted octanol–water partition coefficient (Wildman–Crippen LogP) is 2.91. The van der Waals surface area contributed by atoms with Gasteiger partial charge in [-0.2, -0.15) is 0 Å². The number of nitrogens with one attached hydrogen (secondary N) is 2. The van der Waals surface area contributed by atoms with Crippen LogP contribution < -0.4 is 20.3 Å². The van der Waals surface area contributed by atoms with E-state index in [1.54, 1.807) is 24.3 Å². The summed E-state index contributed by atoms with van der Waals surface area (Å²) in [4.78, 5) is 62.7. The van der Waals surface area contributed by atoms with E-state index in [4.69, 9.17) is 9.47 Å². The second kappa shape index (κ2) is 11.3. The van der Waals surface area contributed by atoms with Crippen molar-refractivity contribution >= 4 is 35.4 Å². The number of urea groups is 1. The molecule has 0 radical (unpaired) electrons. The number of hydrogen-bond acceptors (Lipinski definition) is 7. The maximum absolute atomic E-state index is 12.9. The van der Waals surface area contributed by atoms with E-state index in [1.807, 2.05) is 20.8 Å². The Bertz CT molecular complexity index is 1140. The minimum absolute atomic E-state index is 0.00683. The van der Waals surface area contributed by atoms with Gasteiger partial charge in [0.05, 0.1) is 29.0 Å². The molecule has 1 heterocycles. The molecule has 3 rings (SSSR count). The number of imide groups is 2. The number of fused-ring (bicyclic) bond motifs is 1. The van der Waals surface area contributed by atoms with Gasteiger partial charge in [0, 0.05) is 6.54 Å². The van der Waals surface area contributed by atoms with E-state index < -0.39 is 36.3 Å². The molecule has 1 aliphatic rings.